The maximum Gasteiger partial charge on any atom is 0.193 e. The first-order chi connectivity index (χ1) is 10.6. The molecule has 1 heterocycles. The summed E-state index contributed by atoms with van der Waals surface area (Å²) in [7, 11) is 1.69. The van der Waals surface area contributed by atoms with Crippen LogP contribution >= 0.6 is 0 Å². The molecule has 1 saturated heterocycles. The summed E-state index contributed by atoms with van der Waals surface area (Å²) in [5, 5.41) is 3.10. The van der Waals surface area contributed by atoms with Crippen LogP contribution < -0.4 is 5.32 Å². The lowest BCUT2D eigenvalue weighted by molar-refractivity contribution is 0.0263. The van der Waals surface area contributed by atoms with Gasteiger partial charge in [-0.1, -0.05) is 0 Å². The second-order valence-corrected chi connectivity index (χ2v) is 5.28. The van der Waals surface area contributed by atoms with Crippen LogP contribution in [0.25, 0.3) is 0 Å². The first-order valence-electron chi connectivity index (χ1n) is 7.65. The Hall–Kier alpha value is -1.69. The van der Waals surface area contributed by atoms with Crippen molar-refractivity contribution in [3.8, 4) is 0 Å². The van der Waals surface area contributed by atoms with Crippen molar-refractivity contribution in [3.05, 3.63) is 35.4 Å². The number of aliphatic imine (C=N–C) groups is 1. The van der Waals surface area contributed by atoms with E-state index in [1.54, 1.807) is 7.05 Å². The van der Waals surface area contributed by atoms with Crippen LogP contribution in [0.1, 0.15) is 25.3 Å². The van der Waals surface area contributed by atoms with Crippen molar-refractivity contribution in [2.24, 2.45) is 4.99 Å². The predicted octanol–water partition coefficient (Wildman–Crippen LogP) is 2.54. The minimum atomic E-state index is -0.439. The number of nitrogens with one attached hydrogen (secondary N) is 1. The lowest BCUT2D eigenvalue weighted by Gasteiger charge is -2.34. The summed E-state index contributed by atoms with van der Waals surface area (Å²) < 4.78 is 32.4. The first kappa shape index (κ1) is 16.7. The van der Waals surface area contributed by atoms with E-state index in [1.807, 2.05) is 6.92 Å². The molecule has 0 bridgehead atoms. The fourth-order valence-corrected chi connectivity index (χ4v) is 2.66. The van der Waals surface area contributed by atoms with Gasteiger partial charge in [-0.15, -0.1) is 0 Å². The standard InChI is InChI=1S/C16H23F2N3O/c1-3-22-14-6-8-21(9-7-14)16(19-2)20-11-12-10-13(17)4-5-15(12)18/h4-5,10,14H,3,6-9,11H2,1-2H3,(H,19,20). The van der Waals surface area contributed by atoms with Gasteiger partial charge in [0.05, 0.1) is 6.10 Å². The smallest absolute Gasteiger partial charge is 0.193 e. The van der Waals surface area contributed by atoms with Crippen LogP contribution in [0.4, 0.5) is 8.78 Å². The van der Waals surface area contributed by atoms with Crippen molar-refractivity contribution in [2.75, 3.05) is 26.7 Å². The van der Waals surface area contributed by atoms with Gasteiger partial charge in [0.25, 0.3) is 0 Å². The van der Waals surface area contributed by atoms with E-state index >= 15 is 0 Å². The Morgan fingerprint density at radius 1 is 1.36 bits per heavy atom. The molecule has 0 aromatic heterocycles. The molecule has 0 spiro atoms. The van der Waals surface area contributed by atoms with E-state index in [4.69, 9.17) is 4.74 Å². The zero-order chi connectivity index (χ0) is 15.9. The highest BCUT2D eigenvalue weighted by Crippen LogP contribution is 2.14. The van der Waals surface area contributed by atoms with Gasteiger partial charge in [-0.2, -0.15) is 0 Å². The fraction of sp³-hybridized carbons (Fsp3) is 0.562. The van der Waals surface area contributed by atoms with Crippen LogP contribution in [0.15, 0.2) is 23.2 Å². The third-order valence-electron chi connectivity index (χ3n) is 3.80. The first-order valence-corrected chi connectivity index (χ1v) is 7.65. The maximum absolute atomic E-state index is 13.6. The zero-order valence-corrected chi connectivity index (χ0v) is 13.1. The summed E-state index contributed by atoms with van der Waals surface area (Å²) in [6.45, 7) is 4.63. The normalized spacial score (nSPS) is 16.9. The van der Waals surface area contributed by atoms with Crippen LogP contribution in [-0.4, -0.2) is 43.7 Å². The van der Waals surface area contributed by atoms with Crippen molar-refractivity contribution >= 4 is 5.96 Å². The number of rotatable bonds is 4. The lowest BCUT2D eigenvalue weighted by atomic mass is 10.1. The molecule has 1 aromatic rings. The fourth-order valence-electron chi connectivity index (χ4n) is 2.66. The Labute approximate surface area is 130 Å². The van der Waals surface area contributed by atoms with Crippen LogP contribution in [0.3, 0.4) is 0 Å². The molecule has 1 aliphatic heterocycles. The molecule has 2 rings (SSSR count). The predicted molar refractivity (Wildman–Crippen MR) is 82.8 cm³/mol. The number of guanidine groups is 1. The zero-order valence-electron chi connectivity index (χ0n) is 13.1. The lowest BCUT2D eigenvalue weighted by Crippen LogP contribution is -2.46. The number of hydrogen-bond donors (Lipinski definition) is 1. The molecule has 0 atom stereocenters. The molecular formula is C16H23F2N3O. The quantitative estimate of drug-likeness (QED) is 0.686. The molecule has 0 radical (unpaired) electrons. The Morgan fingerprint density at radius 2 is 2.09 bits per heavy atom. The number of hydrogen-bond acceptors (Lipinski definition) is 2. The number of nitrogens with zero attached hydrogens (tertiary/aromatic N) is 2. The minimum absolute atomic E-state index is 0.210. The Kier molecular flexibility index (Phi) is 6.12. The Bertz CT molecular complexity index is 514. The molecule has 1 fully saturated rings. The highest BCUT2D eigenvalue weighted by atomic mass is 19.1. The van der Waals surface area contributed by atoms with E-state index in [1.165, 1.54) is 6.07 Å². The molecule has 122 valence electrons. The molecule has 0 aliphatic carbocycles. The maximum atomic E-state index is 13.6. The summed E-state index contributed by atoms with van der Waals surface area (Å²) in [6.07, 6.45) is 2.20. The van der Waals surface area contributed by atoms with Gasteiger partial charge in [-0.05, 0) is 38.0 Å². The number of ether oxygens (including phenoxy) is 1. The number of halogens is 2. The van der Waals surface area contributed by atoms with Gasteiger partial charge < -0.3 is 15.0 Å². The molecule has 6 heteroatoms. The summed E-state index contributed by atoms with van der Waals surface area (Å²) >= 11 is 0. The number of likely N-dealkylation sites (tertiary alicyclic amines) is 1. The van der Waals surface area contributed by atoms with Crippen LogP contribution in [0.5, 0.6) is 0 Å². The van der Waals surface area contributed by atoms with E-state index in [-0.39, 0.29) is 6.54 Å². The molecule has 1 aromatic carbocycles. The summed E-state index contributed by atoms with van der Waals surface area (Å²) in [4.78, 5) is 6.34. The van der Waals surface area contributed by atoms with Gasteiger partial charge >= 0.3 is 0 Å². The highest BCUT2D eigenvalue weighted by molar-refractivity contribution is 5.79. The van der Waals surface area contributed by atoms with Crippen LogP contribution in [-0.2, 0) is 11.3 Å². The molecule has 0 amide bonds. The molecule has 0 unspecified atom stereocenters. The molecule has 4 nitrogen and oxygen atoms in total. The van der Waals surface area contributed by atoms with Crippen molar-refractivity contribution < 1.29 is 13.5 Å². The minimum Gasteiger partial charge on any atom is -0.378 e. The summed E-state index contributed by atoms with van der Waals surface area (Å²) in [6, 6.07) is 3.46. The van der Waals surface area contributed by atoms with E-state index in [2.05, 4.69) is 15.2 Å². The number of piperidine rings is 1. The highest BCUT2D eigenvalue weighted by Gasteiger charge is 2.21. The molecule has 22 heavy (non-hydrogen) atoms. The molecule has 1 N–H and O–H groups in total. The average molecular weight is 311 g/mol. The van der Waals surface area contributed by atoms with Crippen molar-refractivity contribution in [3.63, 3.8) is 0 Å². The van der Waals surface area contributed by atoms with Crippen molar-refractivity contribution in [2.45, 2.75) is 32.4 Å². The van der Waals surface area contributed by atoms with Crippen LogP contribution in [0.2, 0.25) is 0 Å². The second-order valence-electron chi connectivity index (χ2n) is 5.28. The van der Waals surface area contributed by atoms with Crippen molar-refractivity contribution in [1.29, 1.82) is 0 Å². The largest absolute Gasteiger partial charge is 0.378 e. The molecular weight excluding hydrogens is 288 g/mol. The molecule has 1 aliphatic rings. The van der Waals surface area contributed by atoms with Gasteiger partial charge in [0.1, 0.15) is 11.6 Å². The monoisotopic (exact) mass is 311 g/mol. The Morgan fingerprint density at radius 3 is 2.73 bits per heavy atom. The number of benzene rings is 1. The SMILES string of the molecule is CCOC1CCN(C(=NC)NCc2cc(F)ccc2F)CC1. The van der Waals surface area contributed by atoms with Gasteiger partial charge in [-0.25, -0.2) is 8.78 Å². The summed E-state index contributed by atoms with van der Waals surface area (Å²) in [5.41, 5.74) is 0.297. The van der Waals surface area contributed by atoms with E-state index in [9.17, 15) is 8.78 Å². The average Bonchev–Trinajstić information content (AvgIpc) is 2.53. The third-order valence-corrected chi connectivity index (χ3v) is 3.80. The Balaban J connectivity index is 1.89. The van der Waals surface area contributed by atoms with Gasteiger partial charge in [0.15, 0.2) is 5.96 Å². The van der Waals surface area contributed by atoms with Crippen molar-refractivity contribution in [1.82, 2.24) is 10.2 Å². The van der Waals surface area contributed by atoms with Gasteiger partial charge in [0, 0.05) is 38.9 Å². The topological polar surface area (TPSA) is 36.9 Å². The van der Waals surface area contributed by atoms with E-state index < -0.39 is 11.6 Å². The van der Waals surface area contributed by atoms with Gasteiger partial charge in [0.2, 0.25) is 0 Å². The van der Waals surface area contributed by atoms with Gasteiger partial charge in [-0.3, -0.25) is 4.99 Å². The van der Waals surface area contributed by atoms with E-state index in [0.29, 0.717) is 17.6 Å². The third kappa shape index (κ3) is 4.40. The van der Waals surface area contributed by atoms with Crippen LogP contribution in [0, 0.1) is 11.6 Å². The second kappa shape index (κ2) is 8.08. The molecule has 0 saturated carbocycles. The van der Waals surface area contributed by atoms with E-state index in [0.717, 1.165) is 44.7 Å². The summed E-state index contributed by atoms with van der Waals surface area (Å²) in [5.74, 6) is -0.149.